The second-order valence-corrected chi connectivity index (χ2v) is 34.2. The van der Waals surface area contributed by atoms with Gasteiger partial charge in [-0.05, 0) is 153 Å². The van der Waals surface area contributed by atoms with Crippen molar-refractivity contribution in [1.29, 1.82) is 0 Å². The number of aliphatic hydroxyl groups is 5. The highest BCUT2D eigenvalue weighted by atomic mass is 127. The third-order valence-corrected chi connectivity index (χ3v) is 24.8. The van der Waals surface area contributed by atoms with Crippen LogP contribution >= 0.6 is 55.9 Å². The maximum absolute atomic E-state index is 14.6. The minimum Gasteiger partial charge on any atom is -0.493 e. The fraction of sp³-hybridized carbons (Fsp3) is 0.618. The van der Waals surface area contributed by atoms with E-state index < -0.39 is 149 Å². The Labute approximate surface area is 672 Å². The Morgan fingerprint density at radius 3 is 2.16 bits per heavy atom. The molecule has 18 unspecified atom stereocenters. The molecular formula is C76H103IN6O25S3. The quantitative estimate of drug-likeness (QED) is 0.0117. The molecule has 0 spiro atoms. The first-order chi connectivity index (χ1) is 52.5. The number of halogens is 1. The Morgan fingerprint density at radius 2 is 1.52 bits per heavy atom. The molecule has 8 rings (SSSR count). The van der Waals surface area contributed by atoms with Gasteiger partial charge in [-0.25, -0.2) is 10.2 Å². The van der Waals surface area contributed by atoms with Crippen molar-refractivity contribution < 1.29 is 121 Å². The number of benzene rings is 2. The number of Topliss-reactive ketones (excluding diaryl/α,β-unsaturated/α-hetero) is 2. The van der Waals surface area contributed by atoms with Gasteiger partial charge in [-0.1, -0.05) is 63.1 Å². The van der Waals surface area contributed by atoms with Crippen LogP contribution in [0, 0.1) is 40.1 Å². The summed E-state index contributed by atoms with van der Waals surface area (Å²) >= 11 is 2.78. The minimum absolute atomic E-state index is 0.00374. The number of hydrazone groups is 1. The number of ether oxygens (including phenoxy) is 13. The smallest absolute Gasteiger partial charge is 0.411 e. The topological polar surface area (TPSA) is 405 Å². The van der Waals surface area contributed by atoms with Gasteiger partial charge in [0.25, 0.3) is 0 Å². The van der Waals surface area contributed by atoms with Gasteiger partial charge in [0.15, 0.2) is 41.8 Å². The predicted octanol–water partition coefficient (Wildman–Crippen LogP) is 5.13. The van der Waals surface area contributed by atoms with Crippen LogP contribution in [0.5, 0.6) is 23.0 Å². The van der Waals surface area contributed by atoms with Crippen LogP contribution in [0.15, 0.2) is 64.4 Å². The lowest BCUT2D eigenvalue weighted by atomic mass is 9.75. The third-order valence-electron chi connectivity index (χ3n) is 19.0. The van der Waals surface area contributed by atoms with Crippen LogP contribution in [0.25, 0.3) is 0 Å². The highest BCUT2D eigenvalue weighted by molar-refractivity contribution is 14.1. The van der Waals surface area contributed by atoms with E-state index in [9.17, 15) is 54.3 Å². The summed E-state index contributed by atoms with van der Waals surface area (Å²) in [7, 11) is 10.9. The number of nitrogens with one attached hydrogen (secondary N) is 5. The number of allylic oxidation sites excluding steroid dienone is 3. The molecule has 20 atom stereocenters. The average Bonchev–Trinajstić information content (AvgIpc) is 0.754. The molecule has 2 aliphatic carbocycles. The maximum Gasteiger partial charge on any atom is 0.411 e. The first-order valence-electron chi connectivity index (χ1n) is 36.0. The number of fused-ring (bicyclic) bond motifs is 2. The fourth-order valence-corrected chi connectivity index (χ4v) is 17.6. The van der Waals surface area contributed by atoms with E-state index in [1.165, 1.54) is 69.1 Å². The molecule has 10 N–H and O–H groups in total. The first kappa shape index (κ1) is 90.5. The SMILES string of the molecule is CNC(C(C)=O)C1COC(OC2C(O[C@H]3C#C/C=C\C#C[C@]4(O)CC(=O)C(NC(=O)OC)=C3/C4=C\CSSC(C)(C)CC(=O)NN=C(C)c3ccc(OCCC(=O)NC(C)(C)C)cc3)OC(C)C(NOC3CC(O)C(SC(=O)c4c(C)c(I)c(OC5OC(C)C(O)C(OC)C5O)c(OC)c4OC)C(C)O3)C2O)CC1OC. The number of thioether (sulfide) groups is 1. The summed E-state index contributed by atoms with van der Waals surface area (Å²) in [4.78, 5) is 87.2. The molecule has 4 fully saturated rings. The van der Waals surface area contributed by atoms with Crippen molar-refractivity contribution >= 4 is 96.2 Å². The fourth-order valence-electron chi connectivity index (χ4n) is 13.4. The number of methoxy groups -OCH3 is 5. The van der Waals surface area contributed by atoms with E-state index in [1.54, 1.807) is 72.0 Å². The number of hydrogen-bond acceptors (Lipinski definition) is 31. The zero-order valence-electron chi connectivity index (χ0n) is 65.1. The number of aliphatic hydroxyl groups excluding tert-OH is 4. The highest BCUT2D eigenvalue weighted by Gasteiger charge is 2.53. The number of hydroxylamine groups is 1. The maximum atomic E-state index is 14.6. The lowest BCUT2D eigenvalue weighted by Crippen LogP contribution is -2.65. The summed E-state index contributed by atoms with van der Waals surface area (Å²) in [5, 5.41) is 70.6. The van der Waals surface area contributed by atoms with E-state index in [0.717, 1.165) is 24.4 Å². The van der Waals surface area contributed by atoms with E-state index in [1.807, 2.05) is 57.2 Å². The lowest BCUT2D eigenvalue weighted by molar-refractivity contribution is -0.338. The average molecular weight is 1720 g/mol. The van der Waals surface area contributed by atoms with Crippen molar-refractivity contribution in [1.82, 2.24) is 26.9 Å². The number of nitrogens with zero attached hydrogens (tertiary/aromatic N) is 1. The number of carbonyl (C=O) groups is 6. The summed E-state index contributed by atoms with van der Waals surface area (Å²) in [6, 6.07) is 5.22. The van der Waals surface area contributed by atoms with Crippen molar-refractivity contribution in [3.05, 3.63) is 79.6 Å². The standard InChI is InChI=1S/C76H103IN6O25S3/c1-37-55(64(96-14)68(98-16)65(57(37)77)107-71-63(91)66(97-15)61(89)41(5)104-71)70(92)110-69-42(6)102-54(32-47(69)85)108-83-59-40(4)103-72(67(62(59)90)106-53-33-50(95-13)45(36-101-53)58(78-12)39(3)84)105-49-22-20-18-19-21-29-76(94)34-48(86)60(79-73(93)99-17)56(49)46(76)28-31-109-111-75(10,11)35-52(88)82-81-38(2)43-23-25-44(26-24-43)100-30-27-51(87)80-74(7,8)9/h18-19,23-26,28,40-42,45,47,49-50,53-54,58-59,61-63,66-67,69,71-72,78,83,85,89-91,94H,27,30-36H2,1-17H3,(H,79,93)(H,80,87)(H,82,88)/b19-18-,46-28+,81-38?/t40?,41?,42?,45?,47?,49-,50?,53?,54?,58?,59?,61?,62?,63?,66?,67?,69?,71?,72?,76-/m0/s1. The Morgan fingerprint density at radius 1 is 0.829 bits per heavy atom. The number of alkyl carbamates (subject to hydrolysis) is 1. The molecule has 2 aromatic carbocycles. The van der Waals surface area contributed by atoms with Gasteiger partial charge in [0.1, 0.15) is 48.2 Å². The molecule has 2 aromatic rings. The van der Waals surface area contributed by atoms with E-state index in [4.69, 9.17) is 66.4 Å². The molecule has 35 heteroatoms. The zero-order valence-corrected chi connectivity index (χ0v) is 69.7. The molecule has 0 saturated carbocycles. The normalized spacial score (nSPS) is 30.6. The van der Waals surface area contributed by atoms with Crippen LogP contribution in [0.3, 0.4) is 0 Å². The number of rotatable bonds is 31. The Bertz CT molecular complexity index is 3900. The Balaban J connectivity index is 1.01. The summed E-state index contributed by atoms with van der Waals surface area (Å²) in [5.74, 6) is 10.3. The van der Waals surface area contributed by atoms with Crippen molar-refractivity contribution in [2.24, 2.45) is 11.0 Å². The predicted molar refractivity (Wildman–Crippen MR) is 419 cm³/mol. The van der Waals surface area contributed by atoms with Crippen LogP contribution in [-0.2, 0) is 66.6 Å². The monoisotopic (exact) mass is 1720 g/mol. The molecular weight excluding hydrogens is 1620 g/mol. The first-order valence-corrected chi connectivity index (χ1v) is 40.3. The van der Waals surface area contributed by atoms with Gasteiger partial charge >= 0.3 is 6.09 Å². The number of likely N-dealkylation sites (N-methyl/N-ethyl adjacent to an activating group) is 1. The zero-order chi connectivity index (χ0) is 81.6. The van der Waals surface area contributed by atoms with Crippen LogP contribution in [-0.4, -0.2) is 253 Å². The molecule has 4 aliphatic heterocycles. The Kier molecular flexibility index (Phi) is 33.1. The molecule has 612 valence electrons. The van der Waals surface area contributed by atoms with Gasteiger partial charge in [0.05, 0.1) is 116 Å². The van der Waals surface area contributed by atoms with E-state index in [2.05, 4.69) is 55.6 Å². The second kappa shape index (κ2) is 40.5. The largest absolute Gasteiger partial charge is 0.493 e. The number of hydrogen-bond donors (Lipinski definition) is 10. The van der Waals surface area contributed by atoms with E-state index in [0.29, 0.717) is 20.6 Å². The number of ketones is 2. The molecule has 3 amide bonds. The molecule has 6 aliphatic rings. The van der Waals surface area contributed by atoms with Gasteiger partial charge in [0, 0.05) is 66.6 Å². The summed E-state index contributed by atoms with van der Waals surface area (Å²) in [6.45, 7) is 19.3. The van der Waals surface area contributed by atoms with Crippen LogP contribution in [0.2, 0.25) is 0 Å². The Hall–Kier alpha value is -5.99. The van der Waals surface area contributed by atoms with Crippen LogP contribution in [0.1, 0.15) is 123 Å². The molecule has 4 heterocycles. The third kappa shape index (κ3) is 23.2. The number of carbonyl (C=O) groups excluding carboxylic acids is 6. The molecule has 111 heavy (non-hydrogen) atoms. The molecule has 0 radical (unpaired) electrons. The summed E-state index contributed by atoms with van der Waals surface area (Å²) in [6.07, 6.45) is -15.7. The van der Waals surface area contributed by atoms with E-state index in [-0.39, 0.29) is 107 Å². The number of amides is 3. The van der Waals surface area contributed by atoms with Crippen molar-refractivity contribution in [3.8, 4) is 46.7 Å². The van der Waals surface area contributed by atoms with Crippen LogP contribution in [0.4, 0.5) is 4.79 Å². The molecule has 4 saturated heterocycles. The van der Waals surface area contributed by atoms with Crippen molar-refractivity contribution in [2.45, 2.75) is 234 Å². The van der Waals surface area contributed by atoms with Gasteiger partial charge in [-0.15, -0.1) is 0 Å². The second-order valence-electron chi connectivity index (χ2n) is 28.9. The highest BCUT2D eigenvalue weighted by Crippen LogP contribution is 2.50. The molecule has 2 bridgehead atoms. The summed E-state index contributed by atoms with van der Waals surface area (Å²) in [5.41, 5.74) is 4.23. The van der Waals surface area contributed by atoms with Gasteiger partial charge in [-0.3, -0.25) is 34.1 Å². The van der Waals surface area contributed by atoms with Gasteiger partial charge in [-0.2, -0.15) is 10.6 Å². The van der Waals surface area contributed by atoms with Crippen molar-refractivity contribution in [2.75, 3.05) is 61.6 Å². The lowest BCUT2D eigenvalue weighted by Gasteiger charge is -2.47. The van der Waals surface area contributed by atoms with Gasteiger partial charge in [0.2, 0.25) is 29.0 Å². The summed E-state index contributed by atoms with van der Waals surface area (Å²) < 4.78 is 78.3. The van der Waals surface area contributed by atoms with Gasteiger partial charge < -0.3 is 97.7 Å². The molecule has 0 aromatic heterocycles. The van der Waals surface area contributed by atoms with Crippen molar-refractivity contribution in [3.63, 3.8) is 0 Å². The minimum atomic E-state index is -2.23. The van der Waals surface area contributed by atoms with Crippen LogP contribution < -0.4 is 45.8 Å². The van der Waals surface area contributed by atoms with E-state index >= 15 is 0 Å². The molecule has 31 nitrogen and oxygen atoms in total.